The molecule has 0 N–H and O–H groups in total. The van der Waals surface area contributed by atoms with E-state index in [2.05, 4.69) is 4.90 Å². The van der Waals surface area contributed by atoms with E-state index in [0.717, 1.165) is 67.0 Å². The molecule has 2 saturated heterocycles. The summed E-state index contributed by atoms with van der Waals surface area (Å²) in [6, 6.07) is 13.6. The number of methoxy groups -OCH3 is 1. The molecule has 2 atom stereocenters. The number of halogens is 1. The fourth-order valence-electron chi connectivity index (χ4n) is 7.34. The van der Waals surface area contributed by atoms with Crippen LogP contribution in [0.3, 0.4) is 0 Å². The van der Waals surface area contributed by atoms with E-state index in [-0.39, 0.29) is 35.2 Å². The first-order valence-electron chi connectivity index (χ1n) is 18.4. The lowest BCUT2D eigenvalue weighted by Crippen LogP contribution is -2.43. The second-order valence-corrected chi connectivity index (χ2v) is 19.0. The normalized spacial score (nSPS) is 19.5. The molecule has 7 rings (SSSR count). The van der Waals surface area contributed by atoms with E-state index in [4.69, 9.17) is 24.5 Å². The summed E-state index contributed by atoms with van der Waals surface area (Å²) in [5, 5.41) is 4.57. The van der Waals surface area contributed by atoms with Crippen LogP contribution < -0.4 is 19.4 Å². The number of nitrogens with zero attached hydrogens (tertiary/aromatic N) is 7. The Kier molecular flexibility index (Phi) is 10.6. The van der Waals surface area contributed by atoms with Crippen molar-refractivity contribution in [2.24, 2.45) is 0 Å². The lowest BCUT2D eigenvalue weighted by atomic mass is 10.1. The molecule has 4 aromatic rings. The first kappa shape index (κ1) is 38.0. The lowest BCUT2D eigenvalue weighted by Gasteiger charge is -2.36. The Morgan fingerprint density at radius 3 is 2.35 bits per heavy atom. The maximum atomic E-state index is 15.8. The monoisotopic (exact) mass is 781 g/mol. The molecule has 2 aromatic heterocycles. The molecular formula is C38H48FN7O6S2. The molecule has 0 bridgehead atoms. The van der Waals surface area contributed by atoms with Crippen molar-refractivity contribution in [3.8, 4) is 5.75 Å². The first-order chi connectivity index (χ1) is 25.7. The van der Waals surface area contributed by atoms with Crippen molar-refractivity contribution in [3.05, 3.63) is 71.2 Å². The maximum Gasteiger partial charge on any atom is 0.233 e. The van der Waals surface area contributed by atoms with Crippen molar-refractivity contribution in [2.75, 3.05) is 61.1 Å². The first-order valence-corrected chi connectivity index (χ1v) is 22.2. The Bertz CT molecular complexity index is 2220. The van der Waals surface area contributed by atoms with Gasteiger partial charge in [0.1, 0.15) is 23.2 Å². The van der Waals surface area contributed by atoms with Gasteiger partial charge in [0, 0.05) is 56.6 Å². The minimum absolute atomic E-state index is 0.0856. The predicted molar refractivity (Wildman–Crippen MR) is 206 cm³/mol. The van der Waals surface area contributed by atoms with E-state index in [1.807, 2.05) is 46.8 Å². The largest absolute Gasteiger partial charge is 0.497 e. The van der Waals surface area contributed by atoms with Gasteiger partial charge in [-0.05, 0) is 93.7 Å². The summed E-state index contributed by atoms with van der Waals surface area (Å²) in [6.07, 6.45) is 8.04. The van der Waals surface area contributed by atoms with Gasteiger partial charge in [0.25, 0.3) is 0 Å². The summed E-state index contributed by atoms with van der Waals surface area (Å²) < 4.78 is 79.5. The third-order valence-corrected chi connectivity index (χ3v) is 13.2. The molecule has 2 unspecified atom stereocenters. The van der Waals surface area contributed by atoms with Crippen LogP contribution in [0.2, 0.25) is 0 Å². The van der Waals surface area contributed by atoms with Gasteiger partial charge in [-0.3, -0.25) is 0 Å². The van der Waals surface area contributed by atoms with Crippen molar-refractivity contribution < 1.29 is 30.7 Å². The van der Waals surface area contributed by atoms with Crippen molar-refractivity contribution in [1.82, 2.24) is 19.7 Å². The standard InChI is InChI=1S/C38H48FN7O6S2/c1-25-21-33(42-46(25)34-10-6-7-20-52-34)45(23-26-11-15-28(51-3)16-12-26)37-35(27-13-14-27)36(44-19-8-9-30(24-44)54(5,49)50)40-38(41-37)43(2)32-18-17-29(22-31(32)39)53(4,47)48/h11-12,15-18,21-22,27,30,34H,6-10,13-14,19-20,23-24H2,1-5H3. The van der Waals surface area contributed by atoms with E-state index in [0.29, 0.717) is 50.0 Å². The molecule has 3 fully saturated rings. The summed E-state index contributed by atoms with van der Waals surface area (Å²) >= 11 is 0. The van der Waals surface area contributed by atoms with Crippen molar-refractivity contribution in [1.29, 1.82) is 0 Å². The smallest absolute Gasteiger partial charge is 0.233 e. The van der Waals surface area contributed by atoms with E-state index in [9.17, 15) is 16.8 Å². The molecule has 3 aliphatic rings. The molecule has 16 heteroatoms. The van der Waals surface area contributed by atoms with Crippen LogP contribution in [0.25, 0.3) is 0 Å². The molecule has 0 radical (unpaired) electrons. The molecule has 1 aliphatic carbocycles. The predicted octanol–water partition coefficient (Wildman–Crippen LogP) is 6.23. The number of aromatic nitrogens is 4. The summed E-state index contributed by atoms with van der Waals surface area (Å²) in [7, 11) is -3.73. The molecule has 2 aliphatic heterocycles. The highest BCUT2D eigenvalue weighted by molar-refractivity contribution is 7.91. The minimum Gasteiger partial charge on any atom is -0.497 e. The summed E-state index contributed by atoms with van der Waals surface area (Å²) in [5.41, 5.74) is 2.87. The van der Waals surface area contributed by atoms with Gasteiger partial charge in [0.05, 0.1) is 29.5 Å². The van der Waals surface area contributed by atoms with Crippen LogP contribution in [0, 0.1) is 12.7 Å². The highest BCUT2D eigenvalue weighted by Crippen LogP contribution is 2.50. The Labute approximate surface area is 316 Å². The molecule has 290 valence electrons. The fraction of sp³-hybridized carbons (Fsp3) is 0.500. The van der Waals surface area contributed by atoms with Gasteiger partial charge in [0.2, 0.25) is 5.95 Å². The van der Waals surface area contributed by atoms with E-state index in [1.165, 1.54) is 23.3 Å². The number of sulfone groups is 2. The molecule has 1 saturated carbocycles. The third-order valence-electron chi connectivity index (χ3n) is 10.5. The molecular weight excluding hydrogens is 734 g/mol. The minimum atomic E-state index is -3.65. The average molecular weight is 782 g/mol. The van der Waals surface area contributed by atoms with Crippen LogP contribution >= 0.6 is 0 Å². The second kappa shape index (κ2) is 15.1. The highest BCUT2D eigenvalue weighted by atomic mass is 32.2. The number of hydrogen-bond acceptors (Lipinski definition) is 12. The number of rotatable bonds is 12. The van der Waals surface area contributed by atoms with Gasteiger partial charge in [-0.1, -0.05) is 12.1 Å². The molecule has 54 heavy (non-hydrogen) atoms. The zero-order chi connectivity index (χ0) is 38.4. The van der Waals surface area contributed by atoms with E-state index in [1.54, 1.807) is 14.2 Å². The van der Waals surface area contributed by atoms with Gasteiger partial charge in [-0.15, -0.1) is 0 Å². The van der Waals surface area contributed by atoms with Crippen LogP contribution in [0.5, 0.6) is 5.75 Å². The molecule has 2 aromatic carbocycles. The number of anilines is 5. The number of hydrogen-bond donors (Lipinski definition) is 0. The van der Waals surface area contributed by atoms with Crippen molar-refractivity contribution in [2.45, 2.75) is 80.7 Å². The van der Waals surface area contributed by atoms with E-state index >= 15 is 4.39 Å². The molecule has 13 nitrogen and oxygen atoms in total. The number of ether oxygens (including phenoxy) is 2. The summed E-state index contributed by atoms with van der Waals surface area (Å²) in [5.74, 6) is 2.10. The van der Waals surface area contributed by atoms with E-state index < -0.39 is 30.7 Å². The van der Waals surface area contributed by atoms with Crippen LogP contribution in [0.1, 0.15) is 73.9 Å². The van der Waals surface area contributed by atoms with Crippen LogP contribution in [0.15, 0.2) is 53.4 Å². The van der Waals surface area contributed by atoms with Gasteiger partial charge >= 0.3 is 0 Å². The van der Waals surface area contributed by atoms with Crippen LogP contribution in [-0.2, 0) is 31.0 Å². The summed E-state index contributed by atoms with van der Waals surface area (Å²) in [4.78, 5) is 15.8. The zero-order valence-electron chi connectivity index (χ0n) is 31.4. The van der Waals surface area contributed by atoms with Gasteiger partial charge < -0.3 is 24.2 Å². The number of piperidine rings is 1. The highest BCUT2D eigenvalue weighted by Gasteiger charge is 2.38. The number of benzene rings is 2. The zero-order valence-corrected chi connectivity index (χ0v) is 33.0. The Balaban J connectivity index is 1.43. The molecule has 0 amide bonds. The Morgan fingerprint density at radius 1 is 0.963 bits per heavy atom. The van der Waals surface area contributed by atoms with Crippen LogP contribution in [0.4, 0.5) is 33.5 Å². The Hall–Kier alpha value is -4.28. The molecule has 4 heterocycles. The summed E-state index contributed by atoms with van der Waals surface area (Å²) in [6.45, 7) is 3.90. The fourth-order valence-corrected chi connectivity index (χ4v) is 9.01. The van der Waals surface area contributed by atoms with Gasteiger partial charge in [0.15, 0.2) is 31.7 Å². The van der Waals surface area contributed by atoms with Crippen molar-refractivity contribution >= 4 is 48.8 Å². The Morgan fingerprint density at radius 2 is 1.72 bits per heavy atom. The SMILES string of the molecule is COc1ccc(CN(c2cc(C)n(C3CCCCO3)n2)c2nc(N(C)c3ccc(S(C)(=O)=O)cc3F)nc(N3CCCC(S(C)(=O)=O)C3)c2C2CC2)cc1. The second-order valence-electron chi connectivity index (χ2n) is 14.7. The van der Waals surface area contributed by atoms with Gasteiger partial charge in [-0.2, -0.15) is 15.1 Å². The number of aryl methyl sites for hydroxylation is 1. The average Bonchev–Trinajstić information content (AvgIpc) is 3.93. The van der Waals surface area contributed by atoms with Crippen LogP contribution in [-0.4, -0.2) is 88.2 Å². The topological polar surface area (TPSA) is 140 Å². The van der Waals surface area contributed by atoms with Gasteiger partial charge in [-0.25, -0.2) is 25.9 Å². The molecule has 0 spiro atoms. The third kappa shape index (κ3) is 8.05. The lowest BCUT2D eigenvalue weighted by molar-refractivity contribution is -0.0405. The van der Waals surface area contributed by atoms with Crippen molar-refractivity contribution in [3.63, 3.8) is 0 Å². The quantitative estimate of drug-likeness (QED) is 0.161. The maximum absolute atomic E-state index is 15.8.